The highest BCUT2D eigenvalue weighted by Gasteiger charge is 2.10. The molecule has 0 aliphatic heterocycles. The van der Waals surface area contributed by atoms with Crippen molar-refractivity contribution in [2.45, 2.75) is 19.9 Å². The van der Waals surface area contributed by atoms with Crippen LogP contribution in [0.2, 0.25) is 5.15 Å². The van der Waals surface area contributed by atoms with Gasteiger partial charge in [-0.3, -0.25) is 9.20 Å². The molecule has 0 spiro atoms. The summed E-state index contributed by atoms with van der Waals surface area (Å²) in [4.78, 5) is 17.1. The third-order valence-corrected chi connectivity index (χ3v) is 4.09. The van der Waals surface area contributed by atoms with E-state index in [0.29, 0.717) is 16.7 Å². The van der Waals surface area contributed by atoms with Crippen LogP contribution < -0.4 is 5.32 Å². The van der Waals surface area contributed by atoms with Crippen molar-refractivity contribution in [1.29, 1.82) is 0 Å². The summed E-state index contributed by atoms with van der Waals surface area (Å²) in [6.45, 7) is 4.00. The summed E-state index contributed by atoms with van der Waals surface area (Å²) < 4.78 is 3.59. The van der Waals surface area contributed by atoms with Crippen LogP contribution in [-0.4, -0.2) is 25.1 Å². The Bertz CT molecular complexity index is 845. The van der Waals surface area contributed by atoms with Crippen molar-refractivity contribution in [2.75, 3.05) is 5.32 Å². The second-order valence-corrected chi connectivity index (χ2v) is 6.15. The van der Waals surface area contributed by atoms with Crippen LogP contribution >= 0.6 is 22.9 Å². The summed E-state index contributed by atoms with van der Waals surface area (Å²) in [5.41, 5.74) is 0.686. The van der Waals surface area contributed by atoms with Gasteiger partial charge in [-0.1, -0.05) is 11.6 Å². The van der Waals surface area contributed by atoms with Gasteiger partial charge < -0.3 is 5.32 Å². The summed E-state index contributed by atoms with van der Waals surface area (Å²) in [6.07, 6.45) is 6.61. The molecule has 3 heterocycles. The highest BCUT2D eigenvalue weighted by molar-refractivity contribution is 7.15. The predicted molar refractivity (Wildman–Crippen MR) is 88.4 cm³/mol. The van der Waals surface area contributed by atoms with Gasteiger partial charge >= 0.3 is 0 Å². The maximum absolute atomic E-state index is 12.1. The number of halogens is 1. The number of hydrogen-bond acceptors (Lipinski definition) is 4. The molecule has 0 aliphatic carbocycles. The quantitative estimate of drug-likeness (QED) is 0.742. The predicted octanol–water partition coefficient (Wildman–Crippen LogP) is 3.48. The normalized spacial score (nSPS) is 11.8. The fraction of sp³-hybridized carbons (Fsp3) is 0.214. The number of rotatable bonds is 4. The minimum absolute atomic E-state index is 0.170. The summed E-state index contributed by atoms with van der Waals surface area (Å²) in [5.74, 6) is 0.411. The molecule has 0 fully saturated rings. The van der Waals surface area contributed by atoms with Gasteiger partial charge in [0.1, 0.15) is 5.82 Å². The van der Waals surface area contributed by atoms with Crippen LogP contribution in [0.4, 0.5) is 5.82 Å². The molecule has 114 valence electrons. The van der Waals surface area contributed by atoms with Crippen LogP contribution in [0.1, 0.15) is 25.6 Å². The van der Waals surface area contributed by atoms with Crippen molar-refractivity contribution in [2.24, 2.45) is 0 Å². The molecule has 1 N–H and O–H groups in total. The maximum Gasteiger partial charge on any atom is 0.249 e. The van der Waals surface area contributed by atoms with Gasteiger partial charge in [-0.2, -0.15) is 5.10 Å². The molecule has 6 nitrogen and oxygen atoms in total. The molecule has 22 heavy (non-hydrogen) atoms. The largest absolute Gasteiger partial charge is 0.307 e. The number of amides is 1. The smallest absolute Gasteiger partial charge is 0.249 e. The number of nitrogens with one attached hydrogen (secondary N) is 1. The van der Waals surface area contributed by atoms with Crippen molar-refractivity contribution >= 4 is 45.7 Å². The molecule has 3 aromatic heterocycles. The fourth-order valence-corrected chi connectivity index (χ4v) is 3.08. The zero-order valence-electron chi connectivity index (χ0n) is 12.0. The first kappa shape index (κ1) is 14.8. The van der Waals surface area contributed by atoms with Gasteiger partial charge in [-0.05, 0) is 19.9 Å². The molecule has 0 bridgehead atoms. The van der Waals surface area contributed by atoms with E-state index in [-0.39, 0.29) is 11.9 Å². The summed E-state index contributed by atoms with van der Waals surface area (Å²) in [7, 11) is 0. The van der Waals surface area contributed by atoms with Crippen molar-refractivity contribution < 1.29 is 4.79 Å². The second-order valence-electron chi connectivity index (χ2n) is 4.92. The third-order valence-electron chi connectivity index (χ3n) is 3.06. The highest BCUT2D eigenvalue weighted by atomic mass is 35.5. The molecule has 0 aliphatic rings. The van der Waals surface area contributed by atoms with Crippen LogP contribution in [0, 0.1) is 0 Å². The molecule has 3 rings (SSSR count). The van der Waals surface area contributed by atoms with Gasteiger partial charge in [0.2, 0.25) is 5.91 Å². The van der Waals surface area contributed by atoms with Crippen molar-refractivity contribution in [3.63, 3.8) is 0 Å². The van der Waals surface area contributed by atoms with Crippen LogP contribution in [-0.2, 0) is 4.79 Å². The molecule has 0 saturated heterocycles. The SMILES string of the molecule is CC(C)n1nccc1NC(=O)C=Cc1c(Cl)nc2sccn12. The summed E-state index contributed by atoms with van der Waals surface area (Å²) in [5, 5.41) is 9.26. The van der Waals surface area contributed by atoms with Gasteiger partial charge in [0.15, 0.2) is 10.1 Å². The molecule has 1 amide bonds. The topological polar surface area (TPSA) is 64.2 Å². The minimum atomic E-state index is -0.247. The van der Waals surface area contributed by atoms with Crippen molar-refractivity contribution in [3.8, 4) is 0 Å². The highest BCUT2D eigenvalue weighted by Crippen LogP contribution is 2.22. The standard InChI is InChI=1S/C14H14ClN5OS/c1-9(2)20-11(5-6-16-20)17-12(21)4-3-10-13(15)18-14-19(10)7-8-22-14/h3-9H,1-2H3,(H,17,21). The lowest BCUT2D eigenvalue weighted by atomic mass is 10.3. The molecule has 0 unspecified atom stereocenters. The van der Waals surface area contributed by atoms with Crippen molar-refractivity contribution in [1.82, 2.24) is 19.2 Å². The van der Waals surface area contributed by atoms with E-state index >= 15 is 0 Å². The maximum atomic E-state index is 12.1. The first-order chi connectivity index (χ1) is 10.6. The van der Waals surface area contributed by atoms with E-state index in [2.05, 4.69) is 15.4 Å². The molecule has 8 heteroatoms. The zero-order valence-corrected chi connectivity index (χ0v) is 13.6. The Morgan fingerprint density at radius 3 is 3.09 bits per heavy atom. The average Bonchev–Trinajstić information content (AvgIpc) is 3.13. The number of aromatic nitrogens is 4. The fourth-order valence-electron chi connectivity index (χ4n) is 2.07. The Kier molecular flexibility index (Phi) is 4.00. The Morgan fingerprint density at radius 1 is 1.50 bits per heavy atom. The Morgan fingerprint density at radius 2 is 2.32 bits per heavy atom. The number of thiazole rings is 1. The van der Waals surface area contributed by atoms with E-state index in [4.69, 9.17) is 11.6 Å². The third kappa shape index (κ3) is 2.77. The van der Waals surface area contributed by atoms with E-state index in [1.165, 1.54) is 17.4 Å². The Balaban J connectivity index is 1.78. The van der Waals surface area contributed by atoms with Crippen LogP contribution in [0.5, 0.6) is 0 Å². The van der Waals surface area contributed by atoms with E-state index in [1.807, 2.05) is 29.8 Å². The van der Waals surface area contributed by atoms with Crippen LogP contribution in [0.3, 0.4) is 0 Å². The molecule has 0 saturated carbocycles. The van der Waals surface area contributed by atoms with Gasteiger partial charge in [0.05, 0.1) is 11.9 Å². The number of carbonyl (C=O) groups is 1. The Labute approximate surface area is 136 Å². The first-order valence-electron chi connectivity index (χ1n) is 6.70. The monoisotopic (exact) mass is 335 g/mol. The first-order valence-corrected chi connectivity index (χ1v) is 7.95. The lowest BCUT2D eigenvalue weighted by Gasteiger charge is -2.10. The molecule has 0 radical (unpaired) electrons. The van der Waals surface area contributed by atoms with Gasteiger partial charge in [-0.25, -0.2) is 9.67 Å². The van der Waals surface area contributed by atoms with Crippen LogP contribution in [0.15, 0.2) is 29.9 Å². The molecule has 3 aromatic rings. The van der Waals surface area contributed by atoms with Crippen molar-refractivity contribution in [3.05, 3.63) is 40.8 Å². The number of anilines is 1. The lowest BCUT2D eigenvalue weighted by Crippen LogP contribution is -2.14. The average molecular weight is 336 g/mol. The molecular weight excluding hydrogens is 322 g/mol. The van der Waals surface area contributed by atoms with E-state index in [1.54, 1.807) is 23.0 Å². The lowest BCUT2D eigenvalue weighted by molar-refractivity contribution is -0.111. The van der Waals surface area contributed by atoms with E-state index in [0.717, 1.165) is 4.96 Å². The number of carbonyl (C=O) groups excluding carboxylic acids is 1. The van der Waals surface area contributed by atoms with E-state index < -0.39 is 0 Å². The second kappa shape index (κ2) is 5.94. The zero-order chi connectivity index (χ0) is 15.7. The number of fused-ring (bicyclic) bond motifs is 1. The van der Waals surface area contributed by atoms with Gasteiger partial charge in [0.25, 0.3) is 0 Å². The van der Waals surface area contributed by atoms with E-state index in [9.17, 15) is 4.79 Å². The number of hydrogen-bond donors (Lipinski definition) is 1. The van der Waals surface area contributed by atoms with Gasteiger partial charge in [0, 0.05) is 29.8 Å². The Hall–Kier alpha value is -2.12. The van der Waals surface area contributed by atoms with Crippen LogP contribution in [0.25, 0.3) is 11.0 Å². The molecule has 0 aromatic carbocycles. The molecular formula is C14H14ClN5OS. The summed E-state index contributed by atoms with van der Waals surface area (Å²) >= 11 is 7.57. The number of imidazole rings is 1. The number of nitrogens with zero attached hydrogens (tertiary/aromatic N) is 4. The van der Waals surface area contributed by atoms with Gasteiger partial charge in [-0.15, -0.1) is 11.3 Å². The minimum Gasteiger partial charge on any atom is -0.307 e. The summed E-state index contributed by atoms with van der Waals surface area (Å²) in [6, 6.07) is 1.93. The molecule has 0 atom stereocenters.